The first-order valence-corrected chi connectivity index (χ1v) is 6.41. The van der Waals surface area contributed by atoms with E-state index in [-0.39, 0.29) is 5.69 Å². The van der Waals surface area contributed by atoms with Crippen LogP contribution in [0.5, 0.6) is 0 Å². The maximum Gasteiger partial charge on any atom is 0.358 e. The van der Waals surface area contributed by atoms with E-state index in [0.29, 0.717) is 5.13 Å². The smallest absolute Gasteiger partial charge is 0.358 e. The second kappa shape index (κ2) is 5.18. The number of carbonyl (C=O) groups excluding carboxylic acids is 1. The molecule has 0 bridgehead atoms. The summed E-state index contributed by atoms with van der Waals surface area (Å²) in [6.45, 7) is 2.10. The molecule has 0 saturated carbocycles. The SMILES string of the molecule is CCc1ccc(-c2sc(N)nc2C(=O)OC)cc1. The van der Waals surface area contributed by atoms with E-state index in [1.807, 2.05) is 24.3 Å². The number of nitrogen functional groups attached to an aromatic ring is 1. The van der Waals surface area contributed by atoms with Gasteiger partial charge in [0, 0.05) is 0 Å². The van der Waals surface area contributed by atoms with Gasteiger partial charge in [-0.3, -0.25) is 0 Å². The molecule has 0 aliphatic heterocycles. The van der Waals surface area contributed by atoms with Crippen LogP contribution in [0.1, 0.15) is 23.0 Å². The van der Waals surface area contributed by atoms with Crippen molar-refractivity contribution in [1.82, 2.24) is 4.98 Å². The van der Waals surface area contributed by atoms with Crippen molar-refractivity contribution in [3.8, 4) is 10.4 Å². The van der Waals surface area contributed by atoms with Crippen LogP contribution in [0.15, 0.2) is 24.3 Å². The minimum Gasteiger partial charge on any atom is -0.464 e. The van der Waals surface area contributed by atoms with Gasteiger partial charge in [0.1, 0.15) is 0 Å². The lowest BCUT2D eigenvalue weighted by atomic mass is 10.1. The Morgan fingerprint density at radius 3 is 2.61 bits per heavy atom. The Morgan fingerprint density at radius 2 is 2.06 bits per heavy atom. The van der Waals surface area contributed by atoms with Crippen molar-refractivity contribution in [2.24, 2.45) is 0 Å². The highest BCUT2D eigenvalue weighted by molar-refractivity contribution is 7.19. The zero-order valence-electron chi connectivity index (χ0n) is 10.3. The van der Waals surface area contributed by atoms with Crippen LogP contribution in [-0.4, -0.2) is 18.1 Å². The highest BCUT2D eigenvalue weighted by Gasteiger charge is 2.18. The molecule has 1 aromatic heterocycles. The molecule has 18 heavy (non-hydrogen) atoms. The van der Waals surface area contributed by atoms with Gasteiger partial charge in [-0.25, -0.2) is 9.78 Å². The van der Waals surface area contributed by atoms with Crippen LogP contribution >= 0.6 is 11.3 Å². The Hall–Kier alpha value is -1.88. The Kier molecular flexibility index (Phi) is 3.62. The molecule has 1 heterocycles. The highest BCUT2D eigenvalue weighted by atomic mass is 32.1. The number of benzene rings is 1. The Morgan fingerprint density at radius 1 is 1.39 bits per heavy atom. The van der Waals surface area contributed by atoms with E-state index < -0.39 is 5.97 Å². The molecule has 0 atom stereocenters. The number of nitrogens with zero attached hydrogens (tertiary/aromatic N) is 1. The molecule has 2 rings (SSSR count). The fourth-order valence-corrected chi connectivity index (χ4v) is 2.48. The number of ether oxygens (including phenoxy) is 1. The van der Waals surface area contributed by atoms with Gasteiger partial charge in [0.15, 0.2) is 10.8 Å². The van der Waals surface area contributed by atoms with Crippen LogP contribution in [0.25, 0.3) is 10.4 Å². The predicted octanol–water partition coefficient (Wildman–Crippen LogP) is 2.74. The third-order valence-electron chi connectivity index (χ3n) is 2.65. The lowest BCUT2D eigenvalue weighted by molar-refractivity contribution is 0.0596. The number of carbonyl (C=O) groups is 1. The number of esters is 1. The van der Waals surface area contributed by atoms with Crippen molar-refractivity contribution in [3.63, 3.8) is 0 Å². The molecule has 0 spiro atoms. The van der Waals surface area contributed by atoms with E-state index in [9.17, 15) is 4.79 Å². The van der Waals surface area contributed by atoms with Crippen LogP contribution < -0.4 is 5.73 Å². The van der Waals surface area contributed by atoms with E-state index >= 15 is 0 Å². The zero-order valence-corrected chi connectivity index (χ0v) is 11.1. The summed E-state index contributed by atoms with van der Waals surface area (Å²) in [5.74, 6) is -0.461. The minimum atomic E-state index is -0.461. The van der Waals surface area contributed by atoms with Gasteiger partial charge in [-0.1, -0.05) is 42.5 Å². The first kappa shape index (κ1) is 12.6. The van der Waals surface area contributed by atoms with Gasteiger partial charge >= 0.3 is 5.97 Å². The summed E-state index contributed by atoms with van der Waals surface area (Å²) in [6.07, 6.45) is 0.981. The van der Waals surface area contributed by atoms with Crippen molar-refractivity contribution in [3.05, 3.63) is 35.5 Å². The largest absolute Gasteiger partial charge is 0.464 e. The van der Waals surface area contributed by atoms with E-state index in [1.165, 1.54) is 24.0 Å². The third-order valence-corrected chi connectivity index (χ3v) is 3.58. The van der Waals surface area contributed by atoms with E-state index in [1.54, 1.807) is 0 Å². The fraction of sp³-hybridized carbons (Fsp3) is 0.231. The molecule has 4 nitrogen and oxygen atoms in total. The van der Waals surface area contributed by atoms with Gasteiger partial charge in [-0.15, -0.1) is 0 Å². The van der Waals surface area contributed by atoms with Gasteiger partial charge in [0.25, 0.3) is 0 Å². The Labute approximate surface area is 109 Å². The van der Waals surface area contributed by atoms with Crippen LogP contribution in [0, 0.1) is 0 Å². The summed E-state index contributed by atoms with van der Waals surface area (Å²) >= 11 is 1.29. The molecule has 2 N–H and O–H groups in total. The van der Waals surface area contributed by atoms with Crippen LogP contribution in [0.3, 0.4) is 0 Å². The van der Waals surface area contributed by atoms with E-state index in [4.69, 9.17) is 10.5 Å². The summed E-state index contributed by atoms with van der Waals surface area (Å²) in [4.78, 5) is 16.4. The number of nitrogens with two attached hydrogens (primary N) is 1. The van der Waals surface area contributed by atoms with Crippen molar-refractivity contribution in [2.45, 2.75) is 13.3 Å². The monoisotopic (exact) mass is 262 g/mol. The molecule has 0 amide bonds. The maximum absolute atomic E-state index is 11.6. The zero-order chi connectivity index (χ0) is 13.1. The second-order valence-corrected chi connectivity index (χ2v) is 4.80. The topological polar surface area (TPSA) is 65.2 Å². The fourth-order valence-electron chi connectivity index (χ4n) is 1.66. The van der Waals surface area contributed by atoms with E-state index in [0.717, 1.165) is 16.9 Å². The number of hydrogen-bond acceptors (Lipinski definition) is 5. The molecular weight excluding hydrogens is 248 g/mol. The van der Waals surface area contributed by atoms with Crippen molar-refractivity contribution < 1.29 is 9.53 Å². The van der Waals surface area contributed by atoms with E-state index in [2.05, 4.69) is 11.9 Å². The summed E-state index contributed by atoms with van der Waals surface area (Å²) < 4.78 is 4.71. The maximum atomic E-state index is 11.6. The summed E-state index contributed by atoms with van der Waals surface area (Å²) in [6, 6.07) is 8.01. The Balaban J connectivity index is 2.45. The average Bonchev–Trinajstić information content (AvgIpc) is 2.80. The quantitative estimate of drug-likeness (QED) is 0.864. The Bertz CT molecular complexity index is 561. The summed E-state index contributed by atoms with van der Waals surface area (Å²) in [5.41, 5.74) is 8.13. The van der Waals surface area contributed by atoms with Crippen LogP contribution in [0.4, 0.5) is 5.13 Å². The number of thiazole rings is 1. The minimum absolute atomic E-state index is 0.282. The van der Waals surface area contributed by atoms with Gasteiger partial charge in [-0.05, 0) is 17.5 Å². The first-order chi connectivity index (χ1) is 8.65. The number of anilines is 1. The first-order valence-electron chi connectivity index (χ1n) is 5.59. The molecule has 0 unspecified atom stereocenters. The lowest BCUT2D eigenvalue weighted by Crippen LogP contribution is -2.03. The number of aryl methyl sites for hydroxylation is 1. The van der Waals surface area contributed by atoms with Crippen molar-refractivity contribution in [1.29, 1.82) is 0 Å². The van der Waals surface area contributed by atoms with Gasteiger partial charge in [0.2, 0.25) is 0 Å². The number of rotatable bonds is 3. The molecule has 2 aromatic rings. The molecular formula is C13H14N2O2S. The van der Waals surface area contributed by atoms with Gasteiger partial charge in [-0.2, -0.15) is 0 Å². The highest BCUT2D eigenvalue weighted by Crippen LogP contribution is 2.32. The third kappa shape index (κ3) is 2.36. The van der Waals surface area contributed by atoms with Crippen molar-refractivity contribution >= 4 is 22.4 Å². The van der Waals surface area contributed by atoms with Gasteiger partial charge < -0.3 is 10.5 Å². The van der Waals surface area contributed by atoms with Gasteiger partial charge in [0.05, 0.1) is 12.0 Å². The number of methoxy groups -OCH3 is 1. The normalized spacial score (nSPS) is 10.3. The standard InChI is InChI=1S/C13H14N2O2S/c1-3-8-4-6-9(7-5-8)11-10(12(16)17-2)15-13(14)18-11/h4-7H,3H2,1-2H3,(H2,14,15). The molecule has 0 saturated heterocycles. The lowest BCUT2D eigenvalue weighted by Gasteiger charge is -2.02. The molecule has 0 fully saturated rings. The van der Waals surface area contributed by atoms with Crippen LogP contribution in [-0.2, 0) is 11.2 Å². The number of hydrogen-bond donors (Lipinski definition) is 1. The van der Waals surface area contributed by atoms with Crippen LogP contribution in [0.2, 0.25) is 0 Å². The molecule has 5 heteroatoms. The molecule has 0 radical (unpaired) electrons. The summed E-state index contributed by atoms with van der Waals surface area (Å²) in [5, 5.41) is 0.366. The molecule has 0 aliphatic carbocycles. The molecule has 1 aromatic carbocycles. The number of aromatic nitrogens is 1. The predicted molar refractivity (Wildman–Crippen MR) is 72.7 cm³/mol. The molecule has 94 valence electrons. The second-order valence-electron chi connectivity index (χ2n) is 3.77. The average molecular weight is 262 g/mol. The van der Waals surface area contributed by atoms with Crippen molar-refractivity contribution in [2.75, 3.05) is 12.8 Å². The summed E-state index contributed by atoms with van der Waals surface area (Å²) in [7, 11) is 1.34. The molecule has 0 aliphatic rings.